The Morgan fingerprint density at radius 3 is 2.61 bits per heavy atom. The minimum absolute atomic E-state index is 0. The molecule has 130 valence electrons. The number of carbonyl (C=O) groups excluding carboxylic acids is 2. The number of nitrogens with zero attached hydrogens (tertiary/aromatic N) is 3. The number of ether oxygens (including phenoxy) is 1. The molecule has 2 atom stereocenters. The quantitative estimate of drug-likeness (QED) is 0.790. The minimum Gasteiger partial charge on any atom is -0.372 e. The van der Waals surface area contributed by atoms with Crippen LogP contribution in [0.25, 0.3) is 0 Å². The molecule has 0 aliphatic carbocycles. The molecular formula is C14H24ClN5O3. The van der Waals surface area contributed by atoms with Gasteiger partial charge in [-0.2, -0.15) is 5.10 Å². The van der Waals surface area contributed by atoms with Crippen LogP contribution in [0.4, 0.5) is 5.69 Å². The fourth-order valence-corrected chi connectivity index (χ4v) is 2.50. The van der Waals surface area contributed by atoms with Gasteiger partial charge in [-0.1, -0.05) is 0 Å². The Kier molecular flexibility index (Phi) is 7.47. The van der Waals surface area contributed by atoms with E-state index < -0.39 is 0 Å². The molecule has 1 fully saturated rings. The summed E-state index contributed by atoms with van der Waals surface area (Å²) in [5.74, 6) is -0.151. The molecule has 2 unspecified atom stereocenters. The zero-order valence-electron chi connectivity index (χ0n) is 13.6. The average molecular weight is 346 g/mol. The third kappa shape index (κ3) is 5.81. The summed E-state index contributed by atoms with van der Waals surface area (Å²) in [5, 5.41) is 9.57. The Morgan fingerprint density at radius 2 is 2.00 bits per heavy atom. The summed E-state index contributed by atoms with van der Waals surface area (Å²) in [7, 11) is 1.70. The third-order valence-electron chi connectivity index (χ3n) is 3.32. The molecule has 0 bridgehead atoms. The molecule has 0 spiro atoms. The highest BCUT2D eigenvalue weighted by molar-refractivity contribution is 5.92. The van der Waals surface area contributed by atoms with Crippen LogP contribution in [-0.4, -0.2) is 65.4 Å². The number of likely N-dealkylation sites (N-methyl/N-ethyl adjacent to an activating group) is 1. The largest absolute Gasteiger partial charge is 0.372 e. The summed E-state index contributed by atoms with van der Waals surface area (Å²) in [6, 6.07) is 0. The van der Waals surface area contributed by atoms with Gasteiger partial charge in [0, 0.05) is 19.3 Å². The lowest BCUT2D eigenvalue weighted by Gasteiger charge is -2.35. The molecule has 0 radical (unpaired) electrons. The summed E-state index contributed by atoms with van der Waals surface area (Å²) in [4.78, 5) is 25.6. The SMILES string of the molecule is CNCC(=O)Nc1cnn(CC(=O)N2CC(C)OC(C)C2)c1.Cl. The standard InChI is InChI=1S/C14H23N5O3.ClH/c1-10-6-18(7-11(2)22-10)14(21)9-19-8-12(4-16-19)17-13(20)5-15-3;/h4,8,10-11,15H,5-7,9H2,1-3H3,(H,17,20);1H. The van der Waals surface area contributed by atoms with E-state index in [0.717, 1.165) is 0 Å². The maximum absolute atomic E-state index is 12.3. The van der Waals surface area contributed by atoms with Crippen LogP contribution in [0, 0.1) is 0 Å². The predicted octanol–water partition coefficient (Wildman–Crippen LogP) is 0.0986. The summed E-state index contributed by atoms with van der Waals surface area (Å²) < 4.78 is 7.15. The van der Waals surface area contributed by atoms with Gasteiger partial charge in [0.25, 0.3) is 0 Å². The number of rotatable bonds is 5. The van der Waals surface area contributed by atoms with Gasteiger partial charge in [0.1, 0.15) is 6.54 Å². The van der Waals surface area contributed by atoms with Gasteiger partial charge < -0.3 is 20.3 Å². The van der Waals surface area contributed by atoms with Crippen molar-refractivity contribution in [3.63, 3.8) is 0 Å². The van der Waals surface area contributed by atoms with Gasteiger partial charge in [0.15, 0.2) is 0 Å². The molecule has 2 amide bonds. The van der Waals surface area contributed by atoms with E-state index >= 15 is 0 Å². The number of morpholine rings is 1. The maximum Gasteiger partial charge on any atom is 0.244 e. The van der Waals surface area contributed by atoms with Gasteiger partial charge in [-0.25, -0.2) is 0 Å². The highest BCUT2D eigenvalue weighted by Crippen LogP contribution is 2.12. The van der Waals surface area contributed by atoms with Crippen molar-refractivity contribution in [3.8, 4) is 0 Å². The van der Waals surface area contributed by atoms with Crippen molar-refractivity contribution in [3.05, 3.63) is 12.4 Å². The van der Waals surface area contributed by atoms with E-state index in [1.807, 2.05) is 13.8 Å². The van der Waals surface area contributed by atoms with E-state index in [1.54, 1.807) is 18.1 Å². The Balaban J connectivity index is 0.00000264. The lowest BCUT2D eigenvalue weighted by Crippen LogP contribution is -2.49. The van der Waals surface area contributed by atoms with Crippen molar-refractivity contribution in [1.82, 2.24) is 20.0 Å². The minimum atomic E-state index is -0.149. The van der Waals surface area contributed by atoms with Crippen LogP contribution in [0.5, 0.6) is 0 Å². The first-order chi connectivity index (χ1) is 10.5. The number of halogens is 1. The van der Waals surface area contributed by atoms with Crippen LogP contribution in [0.1, 0.15) is 13.8 Å². The second-order valence-corrected chi connectivity index (χ2v) is 5.56. The van der Waals surface area contributed by atoms with Crippen LogP contribution in [0.2, 0.25) is 0 Å². The van der Waals surface area contributed by atoms with Gasteiger partial charge in [-0.3, -0.25) is 14.3 Å². The number of anilines is 1. The Hall–Kier alpha value is -1.64. The molecule has 0 saturated carbocycles. The van der Waals surface area contributed by atoms with Crippen LogP contribution >= 0.6 is 12.4 Å². The molecule has 23 heavy (non-hydrogen) atoms. The smallest absolute Gasteiger partial charge is 0.244 e. The second-order valence-electron chi connectivity index (χ2n) is 5.56. The predicted molar refractivity (Wildman–Crippen MR) is 88.6 cm³/mol. The third-order valence-corrected chi connectivity index (χ3v) is 3.32. The fraction of sp³-hybridized carbons (Fsp3) is 0.643. The van der Waals surface area contributed by atoms with Crippen LogP contribution in [0.3, 0.4) is 0 Å². The molecular weight excluding hydrogens is 322 g/mol. The molecule has 1 aromatic heterocycles. The van der Waals surface area contributed by atoms with Crippen molar-refractivity contribution < 1.29 is 14.3 Å². The monoisotopic (exact) mass is 345 g/mol. The van der Waals surface area contributed by atoms with Gasteiger partial charge in [-0.15, -0.1) is 12.4 Å². The second kappa shape index (κ2) is 8.85. The van der Waals surface area contributed by atoms with E-state index in [-0.39, 0.29) is 49.5 Å². The summed E-state index contributed by atoms with van der Waals surface area (Å²) in [5.41, 5.74) is 0.580. The van der Waals surface area contributed by atoms with E-state index in [0.29, 0.717) is 18.8 Å². The zero-order chi connectivity index (χ0) is 16.1. The first kappa shape index (κ1) is 19.4. The Labute approximate surface area is 141 Å². The normalized spacial score (nSPS) is 20.7. The number of amides is 2. The molecule has 9 heteroatoms. The van der Waals surface area contributed by atoms with Crippen LogP contribution < -0.4 is 10.6 Å². The molecule has 2 heterocycles. The number of nitrogens with one attached hydrogen (secondary N) is 2. The van der Waals surface area contributed by atoms with Crippen molar-refractivity contribution in [2.45, 2.75) is 32.6 Å². The lowest BCUT2D eigenvalue weighted by molar-refractivity contribution is -0.144. The van der Waals surface area contributed by atoms with Crippen molar-refractivity contribution >= 4 is 29.9 Å². The lowest BCUT2D eigenvalue weighted by atomic mass is 10.2. The number of aromatic nitrogens is 2. The van der Waals surface area contributed by atoms with Gasteiger partial charge in [0.05, 0.1) is 30.6 Å². The van der Waals surface area contributed by atoms with E-state index in [1.165, 1.54) is 10.9 Å². The van der Waals surface area contributed by atoms with Gasteiger partial charge in [-0.05, 0) is 20.9 Å². The number of hydrogen-bond acceptors (Lipinski definition) is 5. The molecule has 0 aromatic carbocycles. The van der Waals surface area contributed by atoms with Crippen molar-refractivity contribution in [2.75, 3.05) is 32.0 Å². The molecule has 2 N–H and O–H groups in total. The maximum atomic E-state index is 12.3. The molecule has 1 saturated heterocycles. The van der Waals surface area contributed by atoms with Crippen molar-refractivity contribution in [2.24, 2.45) is 0 Å². The molecule has 1 aliphatic rings. The molecule has 1 aromatic rings. The number of hydrogen-bond donors (Lipinski definition) is 2. The van der Waals surface area contributed by atoms with Crippen molar-refractivity contribution in [1.29, 1.82) is 0 Å². The zero-order valence-corrected chi connectivity index (χ0v) is 14.4. The molecule has 1 aliphatic heterocycles. The summed E-state index contributed by atoms with van der Waals surface area (Å²) >= 11 is 0. The van der Waals surface area contributed by atoms with E-state index in [2.05, 4.69) is 15.7 Å². The highest BCUT2D eigenvalue weighted by atomic mass is 35.5. The van der Waals surface area contributed by atoms with E-state index in [4.69, 9.17) is 4.74 Å². The van der Waals surface area contributed by atoms with Gasteiger partial charge in [0.2, 0.25) is 11.8 Å². The Morgan fingerprint density at radius 1 is 1.35 bits per heavy atom. The topological polar surface area (TPSA) is 88.5 Å². The Bertz CT molecular complexity index is 526. The highest BCUT2D eigenvalue weighted by Gasteiger charge is 2.25. The number of carbonyl (C=O) groups is 2. The first-order valence-electron chi connectivity index (χ1n) is 7.38. The molecule has 2 rings (SSSR count). The summed E-state index contributed by atoms with van der Waals surface area (Å²) in [6.07, 6.45) is 3.27. The van der Waals surface area contributed by atoms with Crippen LogP contribution in [-0.2, 0) is 20.9 Å². The fourth-order valence-electron chi connectivity index (χ4n) is 2.50. The van der Waals surface area contributed by atoms with Gasteiger partial charge >= 0.3 is 0 Å². The average Bonchev–Trinajstić information content (AvgIpc) is 2.85. The first-order valence-corrected chi connectivity index (χ1v) is 7.38. The molecule has 8 nitrogen and oxygen atoms in total. The summed E-state index contributed by atoms with van der Waals surface area (Å²) in [6.45, 7) is 5.49. The van der Waals surface area contributed by atoms with Crippen LogP contribution in [0.15, 0.2) is 12.4 Å². The van der Waals surface area contributed by atoms with E-state index in [9.17, 15) is 9.59 Å².